The molecule has 0 atom stereocenters. The quantitative estimate of drug-likeness (QED) is 0.787. The van der Waals surface area contributed by atoms with Gasteiger partial charge in [0.15, 0.2) is 0 Å². The van der Waals surface area contributed by atoms with Gasteiger partial charge in [-0.1, -0.05) is 6.07 Å². The van der Waals surface area contributed by atoms with Crippen molar-refractivity contribution in [2.75, 3.05) is 0 Å². The van der Waals surface area contributed by atoms with Crippen molar-refractivity contribution in [1.29, 1.82) is 0 Å². The molecule has 21 heavy (non-hydrogen) atoms. The predicted molar refractivity (Wildman–Crippen MR) is 80.6 cm³/mol. The summed E-state index contributed by atoms with van der Waals surface area (Å²) < 4.78 is 20.5. The van der Waals surface area contributed by atoms with E-state index in [2.05, 4.69) is 21.0 Å². The Balaban J connectivity index is 2.09. The van der Waals surface area contributed by atoms with Gasteiger partial charge >= 0.3 is 5.97 Å². The topological polar surface area (TPSA) is 44.1 Å². The van der Waals surface area contributed by atoms with Crippen molar-refractivity contribution in [1.82, 2.24) is 9.78 Å². The third-order valence-electron chi connectivity index (χ3n) is 2.60. The molecule has 1 heterocycles. The molecule has 2 rings (SSSR count). The number of nitrogens with zero attached hydrogens (tertiary/aromatic N) is 2. The third kappa shape index (κ3) is 4.39. The summed E-state index contributed by atoms with van der Waals surface area (Å²) in [5.41, 5.74) is 0.731. The highest BCUT2D eigenvalue weighted by Crippen LogP contribution is 2.18. The maximum absolute atomic E-state index is 13.2. The van der Waals surface area contributed by atoms with Crippen LogP contribution in [-0.4, -0.2) is 21.4 Å². The van der Waals surface area contributed by atoms with Crippen molar-refractivity contribution in [3.63, 3.8) is 0 Å². The van der Waals surface area contributed by atoms with Crippen molar-refractivity contribution in [2.45, 2.75) is 32.9 Å². The molecule has 0 bridgehead atoms. The van der Waals surface area contributed by atoms with Gasteiger partial charge in [0.25, 0.3) is 0 Å². The second-order valence-corrected chi connectivity index (χ2v) is 6.53. The van der Waals surface area contributed by atoms with Crippen molar-refractivity contribution in [2.24, 2.45) is 0 Å². The molecular weight excluding hydrogens is 339 g/mol. The Kier molecular flexibility index (Phi) is 4.46. The highest BCUT2D eigenvalue weighted by atomic mass is 79.9. The summed E-state index contributed by atoms with van der Waals surface area (Å²) in [4.78, 5) is 11.9. The Bertz CT molecular complexity index is 662. The van der Waals surface area contributed by atoms with E-state index >= 15 is 0 Å². The number of ether oxygens (including phenoxy) is 1. The molecule has 0 aliphatic rings. The Hall–Kier alpha value is -1.69. The minimum absolute atomic E-state index is 0.311. The number of hydrogen-bond donors (Lipinski definition) is 0. The highest BCUT2D eigenvalue weighted by Gasteiger charge is 2.19. The van der Waals surface area contributed by atoms with E-state index in [1.807, 2.05) is 20.8 Å². The maximum Gasteiger partial charge on any atom is 0.341 e. The summed E-state index contributed by atoms with van der Waals surface area (Å²) in [5, 5.41) is 4.12. The average molecular weight is 355 g/mol. The smallest absolute Gasteiger partial charge is 0.341 e. The summed E-state index contributed by atoms with van der Waals surface area (Å²) in [6.07, 6.45) is 3.08. The lowest BCUT2D eigenvalue weighted by Gasteiger charge is -2.18. The Labute approximate surface area is 131 Å². The minimum atomic E-state index is -0.541. The van der Waals surface area contributed by atoms with Gasteiger partial charge in [0.1, 0.15) is 11.4 Å². The lowest BCUT2D eigenvalue weighted by molar-refractivity contribution is 0.00694. The number of esters is 1. The van der Waals surface area contributed by atoms with Gasteiger partial charge in [-0.2, -0.15) is 5.10 Å². The second-order valence-electron chi connectivity index (χ2n) is 5.68. The molecule has 0 N–H and O–H groups in total. The van der Waals surface area contributed by atoms with E-state index in [1.54, 1.807) is 23.0 Å². The molecule has 0 amide bonds. The molecule has 6 heteroatoms. The zero-order chi connectivity index (χ0) is 15.6. The molecule has 0 spiro atoms. The van der Waals surface area contributed by atoms with Crippen LogP contribution in [0.1, 0.15) is 36.7 Å². The van der Waals surface area contributed by atoms with Gasteiger partial charge in [-0.3, -0.25) is 4.68 Å². The molecule has 0 unspecified atom stereocenters. The van der Waals surface area contributed by atoms with Crippen LogP contribution in [0.2, 0.25) is 0 Å². The number of hydrogen-bond acceptors (Lipinski definition) is 3. The molecule has 112 valence electrons. The first-order chi connectivity index (χ1) is 9.74. The molecule has 2 aromatic rings. The summed E-state index contributed by atoms with van der Waals surface area (Å²) in [6.45, 7) is 5.88. The number of carbonyl (C=O) groups is 1. The lowest BCUT2D eigenvalue weighted by Crippen LogP contribution is -2.23. The second kappa shape index (κ2) is 5.97. The molecule has 0 saturated heterocycles. The molecule has 1 aromatic carbocycles. The van der Waals surface area contributed by atoms with Gasteiger partial charge in [-0.05, 0) is 54.4 Å². The van der Waals surface area contributed by atoms with E-state index in [9.17, 15) is 9.18 Å². The Morgan fingerprint density at radius 2 is 2.14 bits per heavy atom. The fraction of sp³-hybridized carbons (Fsp3) is 0.333. The Morgan fingerprint density at radius 3 is 2.76 bits per heavy atom. The van der Waals surface area contributed by atoms with Crippen LogP contribution < -0.4 is 0 Å². The van der Waals surface area contributed by atoms with E-state index in [-0.39, 0.29) is 5.82 Å². The fourth-order valence-corrected chi connectivity index (χ4v) is 2.14. The monoisotopic (exact) mass is 354 g/mol. The van der Waals surface area contributed by atoms with Crippen molar-refractivity contribution in [3.05, 3.63) is 52.0 Å². The Morgan fingerprint density at radius 1 is 1.43 bits per heavy atom. The van der Waals surface area contributed by atoms with Crippen LogP contribution in [0.5, 0.6) is 0 Å². The van der Waals surface area contributed by atoms with E-state index in [4.69, 9.17) is 4.74 Å². The van der Waals surface area contributed by atoms with Gasteiger partial charge in [0.2, 0.25) is 0 Å². The summed E-state index contributed by atoms with van der Waals surface area (Å²) in [6, 6.07) is 4.75. The van der Waals surface area contributed by atoms with Crippen LogP contribution in [0.4, 0.5) is 4.39 Å². The van der Waals surface area contributed by atoms with Crippen molar-refractivity contribution < 1.29 is 13.9 Å². The van der Waals surface area contributed by atoms with Crippen LogP contribution in [0.3, 0.4) is 0 Å². The number of aromatic nitrogens is 2. The van der Waals surface area contributed by atoms with Gasteiger partial charge in [0, 0.05) is 6.20 Å². The number of carbonyl (C=O) groups excluding carboxylic acids is 1. The molecule has 4 nitrogen and oxygen atoms in total. The van der Waals surface area contributed by atoms with Crippen LogP contribution in [0, 0.1) is 5.82 Å². The SMILES string of the molecule is CC(C)(C)OC(=O)c1cnn(Cc2ccc(F)c(Br)c2)c1. The van der Waals surface area contributed by atoms with Gasteiger partial charge in [0.05, 0.1) is 22.8 Å². The van der Waals surface area contributed by atoms with Crippen LogP contribution >= 0.6 is 15.9 Å². The van der Waals surface area contributed by atoms with Crippen LogP contribution in [-0.2, 0) is 11.3 Å². The predicted octanol–water partition coefficient (Wildman–Crippen LogP) is 3.79. The first-order valence-electron chi connectivity index (χ1n) is 6.44. The lowest BCUT2D eigenvalue weighted by atomic mass is 10.2. The molecule has 0 radical (unpaired) electrons. The highest BCUT2D eigenvalue weighted by molar-refractivity contribution is 9.10. The molecule has 0 aliphatic carbocycles. The standard InChI is InChI=1S/C15H16BrFN2O2/c1-15(2,3)21-14(20)11-7-18-19(9-11)8-10-4-5-13(17)12(16)6-10/h4-7,9H,8H2,1-3H3. The van der Waals surface area contributed by atoms with Crippen LogP contribution in [0.15, 0.2) is 35.1 Å². The molecular formula is C15H16BrFN2O2. The van der Waals surface area contributed by atoms with Gasteiger partial charge < -0.3 is 4.74 Å². The first-order valence-corrected chi connectivity index (χ1v) is 7.23. The maximum atomic E-state index is 13.2. The molecule has 0 aliphatic heterocycles. The molecule has 1 aromatic heterocycles. The number of benzene rings is 1. The number of halogens is 2. The fourth-order valence-electron chi connectivity index (χ4n) is 1.72. The normalized spacial score (nSPS) is 11.5. The zero-order valence-electron chi connectivity index (χ0n) is 12.1. The van der Waals surface area contributed by atoms with Crippen molar-refractivity contribution in [3.8, 4) is 0 Å². The van der Waals surface area contributed by atoms with E-state index in [0.29, 0.717) is 16.6 Å². The summed E-state index contributed by atoms with van der Waals surface area (Å²) >= 11 is 3.14. The first kappa shape index (κ1) is 15.7. The average Bonchev–Trinajstić information content (AvgIpc) is 2.80. The number of rotatable bonds is 3. The minimum Gasteiger partial charge on any atom is -0.456 e. The van der Waals surface area contributed by atoms with Gasteiger partial charge in [-0.15, -0.1) is 0 Å². The largest absolute Gasteiger partial charge is 0.456 e. The molecule has 0 fully saturated rings. The summed E-state index contributed by atoms with van der Waals surface area (Å²) in [7, 11) is 0. The van der Waals surface area contributed by atoms with Crippen LogP contribution in [0.25, 0.3) is 0 Å². The van der Waals surface area contributed by atoms with Gasteiger partial charge in [-0.25, -0.2) is 9.18 Å². The zero-order valence-corrected chi connectivity index (χ0v) is 13.6. The van der Waals surface area contributed by atoms with Crippen molar-refractivity contribution >= 4 is 21.9 Å². The van der Waals surface area contributed by atoms with E-state index in [1.165, 1.54) is 12.3 Å². The molecule has 0 saturated carbocycles. The van der Waals surface area contributed by atoms with E-state index < -0.39 is 11.6 Å². The third-order valence-corrected chi connectivity index (χ3v) is 3.20. The summed E-state index contributed by atoms with van der Waals surface area (Å²) in [5.74, 6) is -0.720. The van der Waals surface area contributed by atoms with E-state index in [0.717, 1.165) is 5.56 Å².